The largest absolute Gasteiger partial charge is 0.455 e. The molecule has 7 atom stereocenters. The SMILES string of the molecule is C=CCCC(=O)N[C@H](C)[C@@H](OC(=O)[C@@H]1[C@@H]2CC[C@]3(O2)[C@H](C(=O)N(CC=C)c2c(C)cccc2C)N(CCCO)C(=O)[C@@H]13)c1ccccc1. The quantitative estimate of drug-likeness (QED) is 0.216. The van der Waals surface area contributed by atoms with Gasteiger partial charge in [0.05, 0.1) is 24.0 Å². The maximum absolute atomic E-state index is 14.8. The number of carbonyl (C=O) groups excluding carboxylic acids is 4. The van der Waals surface area contributed by atoms with Crippen LogP contribution in [0.1, 0.15) is 61.8 Å². The second-order valence-electron chi connectivity index (χ2n) is 13.1. The Morgan fingerprint density at radius 2 is 1.83 bits per heavy atom. The summed E-state index contributed by atoms with van der Waals surface area (Å²) in [7, 11) is 0. The summed E-state index contributed by atoms with van der Waals surface area (Å²) in [5, 5.41) is 12.7. The van der Waals surface area contributed by atoms with Gasteiger partial charge in [0.25, 0.3) is 5.91 Å². The molecule has 2 bridgehead atoms. The molecule has 3 aliphatic rings. The van der Waals surface area contributed by atoms with Gasteiger partial charge in [0.15, 0.2) is 0 Å². The van der Waals surface area contributed by atoms with Crippen LogP contribution in [0.2, 0.25) is 0 Å². The Hall–Kier alpha value is -4.28. The van der Waals surface area contributed by atoms with Crippen LogP contribution in [0.5, 0.6) is 0 Å². The molecule has 0 unspecified atom stereocenters. The summed E-state index contributed by atoms with van der Waals surface area (Å²) in [5.41, 5.74) is 2.02. The summed E-state index contributed by atoms with van der Waals surface area (Å²) in [5.74, 6) is -3.34. The molecular weight excluding hydrogens is 610 g/mol. The first-order chi connectivity index (χ1) is 23.1. The fourth-order valence-corrected chi connectivity index (χ4v) is 7.92. The number of para-hydroxylation sites is 1. The van der Waals surface area contributed by atoms with Gasteiger partial charge in [-0.25, -0.2) is 0 Å². The molecule has 5 rings (SSSR count). The second kappa shape index (κ2) is 14.9. The number of aliphatic hydroxyl groups excluding tert-OH is 1. The Balaban J connectivity index is 1.48. The van der Waals surface area contributed by atoms with Crippen molar-refractivity contribution in [3.8, 4) is 0 Å². The summed E-state index contributed by atoms with van der Waals surface area (Å²) >= 11 is 0. The van der Waals surface area contributed by atoms with E-state index in [9.17, 15) is 24.3 Å². The van der Waals surface area contributed by atoms with Crippen LogP contribution in [0.4, 0.5) is 5.69 Å². The molecule has 0 radical (unpaired) electrons. The molecule has 3 heterocycles. The number of carbonyl (C=O) groups is 4. The van der Waals surface area contributed by atoms with Crippen molar-refractivity contribution in [2.45, 2.75) is 82.8 Å². The van der Waals surface area contributed by atoms with Gasteiger partial charge in [-0.3, -0.25) is 19.2 Å². The highest BCUT2D eigenvalue weighted by molar-refractivity contribution is 6.05. The lowest BCUT2D eigenvalue weighted by molar-refractivity contribution is -0.162. The van der Waals surface area contributed by atoms with E-state index >= 15 is 0 Å². The van der Waals surface area contributed by atoms with E-state index in [2.05, 4.69) is 18.5 Å². The topological polar surface area (TPSA) is 125 Å². The highest BCUT2D eigenvalue weighted by Crippen LogP contribution is 2.59. The molecule has 2 N–H and O–H groups in total. The summed E-state index contributed by atoms with van der Waals surface area (Å²) in [6.45, 7) is 13.4. The summed E-state index contributed by atoms with van der Waals surface area (Å²) in [6.07, 6.45) is 3.84. The van der Waals surface area contributed by atoms with Gasteiger partial charge in [-0.1, -0.05) is 60.7 Å². The standard InChI is InChI=1S/C38H47N3O7/c1-6-8-18-29(43)39-26(5)33(27-16-10-9-11-17-27)47-37(46)30-28-19-20-38(48-28)31(30)35(44)41(22-13-23-42)34(38)36(45)40(21-7-2)32-24(3)14-12-15-25(32)4/h6-7,9-12,14-17,26,28,30-31,33-34,42H,1-2,8,13,18-23H2,3-5H3,(H,39,43)/t26-,28+,30-,31-,33-,34+,38-/m1/s1. The van der Waals surface area contributed by atoms with Gasteiger partial charge in [-0.15, -0.1) is 13.2 Å². The Bertz CT molecular complexity index is 1520. The van der Waals surface area contributed by atoms with E-state index in [-0.39, 0.29) is 50.3 Å². The van der Waals surface area contributed by atoms with E-state index in [1.807, 2.05) is 62.4 Å². The lowest BCUT2D eigenvalue weighted by Gasteiger charge is -2.37. The van der Waals surface area contributed by atoms with Gasteiger partial charge >= 0.3 is 5.97 Å². The molecule has 3 amide bonds. The van der Waals surface area contributed by atoms with Crippen LogP contribution in [-0.4, -0.2) is 77.2 Å². The van der Waals surface area contributed by atoms with Crippen LogP contribution >= 0.6 is 0 Å². The van der Waals surface area contributed by atoms with E-state index in [1.165, 1.54) is 4.90 Å². The third-order valence-corrected chi connectivity index (χ3v) is 9.94. The van der Waals surface area contributed by atoms with Crippen molar-refractivity contribution in [3.63, 3.8) is 0 Å². The maximum Gasteiger partial charge on any atom is 0.313 e. The average Bonchev–Trinajstić information content (AvgIpc) is 3.72. The molecule has 2 aromatic rings. The van der Waals surface area contributed by atoms with E-state index in [0.29, 0.717) is 24.8 Å². The molecule has 10 heteroatoms. The summed E-state index contributed by atoms with van der Waals surface area (Å²) in [4.78, 5) is 59.2. The fourth-order valence-electron chi connectivity index (χ4n) is 7.92. The third-order valence-electron chi connectivity index (χ3n) is 9.94. The van der Waals surface area contributed by atoms with Crippen molar-refractivity contribution in [1.82, 2.24) is 10.2 Å². The van der Waals surface area contributed by atoms with Gasteiger partial charge in [-0.2, -0.15) is 0 Å². The number of allylic oxidation sites excluding steroid dienone is 1. The van der Waals surface area contributed by atoms with E-state index in [1.54, 1.807) is 24.0 Å². The Morgan fingerprint density at radius 3 is 2.48 bits per heavy atom. The molecule has 3 aliphatic heterocycles. The molecule has 3 fully saturated rings. The number of aryl methyl sites for hydroxylation is 2. The van der Waals surface area contributed by atoms with Crippen LogP contribution in [0, 0.1) is 25.7 Å². The average molecular weight is 658 g/mol. The highest BCUT2D eigenvalue weighted by atomic mass is 16.6. The van der Waals surface area contributed by atoms with E-state index < -0.39 is 47.7 Å². The highest BCUT2D eigenvalue weighted by Gasteiger charge is 2.75. The van der Waals surface area contributed by atoms with Crippen molar-refractivity contribution >= 4 is 29.4 Å². The summed E-state index contributed by atoms with van der Waals surface area (Å²) in [6, 6.07) is 13.4. The third kappa shape index (κ3) is 6.43. The zero-order chi connectivity index (χ0) is 34.6. The first-order valence-electron chi connectivity index (χ1n) is 16.8. The van der Waals surface area contributed by atoms with Gasteiger partial charge in [-0.05, 0) is 63.1 Å². The maximum atomic E-state index is 14.8. The number of likely N-dealkylation sites (tertiary alicyclic amines) is 1. The molecule has 2 aromatic carbocycles. The number of fused-ring (bicyclic) bond motifs is 1. The zero-order valence-electron chi connectivity index (χ0n) is 28.1. The second-order valence-corrected chi connectivity index (χ2v) is 13.1. The number of ether oxygens (including phenoxy) is 2. The smallest absolute Gasteiger partial charge is 0.313 e. The lowest BCUT2D eigenvalue weighted by atomic mass is 9.70. The molecule has 1 spiro atoms. The van der Waals surface area contributed by atoms with Gasteiger partial charge in [0, 0.05) is 31.8 Å². The van der Waals surface area contributed by atoms with Crippen molar-refractivity contribution in [3.05, 3.63) is 90.5 Å². The zero-order valence-corrected chi connectivity index (χ0v) is 28.1. The molecular formula is C38H47N3O7. The van der Waals surface area contributed by atoms with Crippen molar-refractivity contribution < 1.29 is 33.8 Å². The van der Waals surface area contributed by atoms with Crippen molar-refractivity contribution in [2.24, 2.45) is 11.8 Å². The normalized spacial score (nSPS) is 25.2. The predicted molar refractivity (Wildman–Crippen MR) is 182 cm³/mol. The number of nitrogens with zero attached hydrogens (tertiary/aromatic N) is 2. The van der Waals surface area contributed by atoms with Crippen molar-refractivity contribution in [2.75, 3.05) is 24.6 Å². The van der Waals surface area contributed by atoms with Crippen LogP contribution in [0.15, 0.2) is 73.8 Å². The van der Waals surface area contributed by atoms with E-state index in [0.717, 1.165) is 16.8 Å². The number of esters is 1. The van der Waals surface area contributed by atoms with E-state index in [4.69, 9.17) is 9.47 Å². The fraction of sp³-hybridized carbons (Fsp3) is 0.474. The number of hydrogen-bond acceptors (Lipinski definition) is 7. The summed E-state index contributed by atoms with van der Waals surface area (Å²) < 4.78 is 12.9. The molecule has 0 aromatic heterocycles. The van der Waals surface area contributed by atoms with Crippen LogP contribution < -0.4 is 10.2 Å². The Labute approximate surface area is 282 Å². The number of nitrogens with one attached hydrogen (secondary N) is 1. The van der Waals surface area contributed by atoms with Gasteiger partial charge < -0.3 is 29.7 Å². The Morgan fingerprint density at radius 1 is 1.12 bits per heavy atom. The number of benzene rings is 2. The molecule has 0 aliphatic carbocycles. The number of aliphatic hydroxyl groups is 1. The lowest BCUT2D eigenvalue weighted by Crippen LogP contribution is -2.56. The molecule has 48 heavy (non-hydrogen) atoms. The number of hydrogen-bond donors (Lipinski definition) is 2. The molecule has 10 nitrogen and oxygen atoms in total. The predicted octanol–water partition coefficient (Wildman–Crippen LogP) is 4.33. The molecule has 3 saturated heterocycles. The number of rotatable bonds is 15. The van der Waals surface area contributed by atoms with Crippen LogP contribution in [-0.2, 0) is 28.7 Å². The Kier molecular flexibility index (Phi) is 10.9. The van der Waals surface area contributed by atoms with Crippen LogP contribution in [0.3, 0.4) is 0 Å². The van der Waals surface area contributed by atoms with Crippen molar-refractivity contribution in [1.29, 1.82) is 0 Å². The van der Waals surface area contributed by atoms with Gasteiger partial charge in [0.1, 0.15) is 17.7 Å². The number of anilines is 1. The van der Waals surface area contributed by atoms with Crippen LogP contribution in [0.25, 0.3) is 0 Å². The molecule has 0 saturated carbocycles. The molecule has 256 valence electrons. The first-order valence-corrected chi connectivity index (χ1v) is 16.8. The minimum atomic E-state index is -1.24. The first kappa shape index (κ1) is 35.0. The monoisotopic (exact) mass is 657 g/mol. The minimum Gasteiger partial charge on any atom is -0.455 e. The minimum absolute atomic E-state index is 0.134. The van der Waals surface area contributed by atoms with Gasteiger partial charge in [0.2, 0.25) is 11.8 Å². The number of amides is 3.